The van der Waals surface area contributed by atoms with Gasteiger partial charge in [0.25, 0.3) is 0 Å². The quantitative estimate of drug-likeness (QED) is 0.557. The normalized spacial score (nSPS) is 10.6. The molecule has 0 fully saturated rings. The van der Waals surface area contributed by atoms with Crippen LogP contribution in [0, 0.1) is 0 Å². The van der Waals surface area contributed by atoms with Crippen molar-refractivity contribution >= 4 is 17.3 Å². The molecule has 0 aliphatic carbocycles. The Hall–Kier alpha value is -3.10. The molecule has 0 aliphatic rings. The number of hydrogen-bond acceptors (Lipinski definition) is 8. The van der Waals surface area contributed by atoms with Gasteiger partial charge in [0.2, 0.25) is 5.75 Å². The molecule has 0 amide bonds. The molecule has 2 N–H and O–H groups in total. The van der Waals surface area contributed by atoms with E-state index in [0.29, 0.717) is 23.0 Å². The van der Waals surface area contributed by atoms with E-state index in [0.717, 1.165) is 27.1 Å². The van der Waals surface area contributed by atoms with Crippen LogP contribution in [0.15, 0.2) is 36.5 Å². The largest absolute Gasteiger partial charge is 0.496 e. The molecule has 1 aromatic heterocycles. The van der Waals surface area contributed by atoms with E-state index in [2.05, 4.69) is 4.37 Å². The van der Waals surface area contributed by atoms with E-state index in [-0.39, 0.29) is 18.7 Å². The summed E-state index contributed by atoms with van der Waals surface area (Å²) in [7, 11) is 6.32. The first-order valence-electron chi connectivity index (χ1n) is 9.20. The number of nitrogens with two attached hydrogens (primary N) is 1. The van der Waals surface area contributed by atoms with Crippen molar-refractivity contribution in [1.29, 1.82) is 0 Å². The Morgan fingerprint density at radius 3 is 2.17 bits per heavy atom. The van der Waals surface area contributed by atoms with Crippen molar-refractivity contribution in [3.63, 3.8) is 0 Å². The van der Waals surface area contributed by atoms with E-state index in [1.807, 2.05) is 30.3 Å². The Balaban J connectivity index is 2.10. The number of nitrogens with zero attached hydrogens (tertiary/aromatic N) is 1. The van der Waals surface area contributed by atoms with Gasteiger partial charge in [-0.2, -0.15) is 4.37 Å². The van der Waals surface area contributed by atoms with Crippen molar-refractivity contribution in [3.05, 3.63) is 42.1 Å². The van der Waals surface area contributed by atoms with Gasteiger partial charge in [0, 0.05) is 29.3 Å². The lowest BCUT2D eigenvalue weighted by Crippen LogP contribution is -2.16. The van der Waals surface area contributed by atoms with Crippen LogP contribution in [0.2, 0.25) is 0 Å². The average molecular weight is 429 g/mol. The van der Waals surface area contributed by atoms with E-state index >= 15 is 0 Å². The first-order valence-corrected chi connectivity index (χ1v) is 9.97. The first kappa shape index (κ1) is 21.6. The molecule has 0 atom stereocenters. The summed E-state index contributed by atoms with van der Waals surface area (Å²) in [5.41, 5.74) is 9.01. The Morgan fingerprint density at radius 1 is 0.933 bits per heavy atom. The summed E-state index contributed by atoms with van der Waals surface area (Å²) in [5, 5.41) is 0. The van der Waals surface area contributed by atoms with Gasteiger partial charge >= 0.3 is 0 Å². The van der Waals surface area contributed by atoms with Gasteiger partial charge < -0.3 is 24.7 Å². The molecule has 0 spiro atoms. The Kier molecular flexibility index (Phi) is 6.91. The number of aromatic nitrogens is 1. The third-order valence-electron chi connectivity index (χ3n) is 4.70. The lowest BCUT2D eigenvalue weighted by atomic mass is 9.98. The average Bonchev–Trinajstić information content (AvgIpc) is 3.27. The zero-order valence-corrected chi connectivity index (χ0v) is 18.2. The van der Waals surface area contributed by atoms with Crippen LogP contribution >= 0.6 is 11.5 Å². The Bertz CT molecular complexity index is 1020. The molecular weight excluding hydrogens is 404 g/mol. The molecule has 3 rings (SSSR count). The molecule has 158 valence electrons. The molecule has 0 radical (unpaired) electrons. The second kappa shape index (κ2) is 9.60. The van der Waals surface area contributed by atoms with E-state index in [9.17, 15) is 4.79 Å². The van der Waals surface area contributed by atoms with Gasteiger partial charge in [-0.05, 0) is 41.4 Å². The maximum Gasteiger partial charge on any atom is 0.203 e. The van der Waals surface area contributed by atoms with Gasteiger partial charge in [-0.15, -0.1) is 0 Å². The molecule has 3 aromatic rings. The molecule has 0 unspecified atom stereocenters. The second-order valence-corrected chi connectivity index (χ2v) is 7.23. The van der Waals surface area contributed by atoms with Crippen molar-refractivity contribution in [3.8, 4) is 44.6 Å². The first-order chi connectivity index (χ1) is 14.6. The third kappa shape index (κ3) is 4.24. The van der Waals surface area contributed by atoms with Crippen LogP contribution in [0.4, 0.5) is 0 Å². The highest BCUT2D eigenvalue weighted by Crippen LogP contribution is 2.44. The van der Waals surface area contributed by atoms with Crippen molar-refractivity contribution in [2.24, 2.45) is 5.73 Å². The summed E-state index contributed by atoms with van der Waals surface area (Å²) >= 11 is 1.36. The number of carbonyl (C=O) groups excluding carboxylic acids is 1. The minimum atomic E-state index is -0.0567. The number of benzene rings is 2. The molecule has 0 bridgehead atoms. The number of hydrogen-bond donors (Lipinski definition) is 1. The zero-order valence-electron chi connectivity index (χ0n) is 17.4. The van der Waals surface area contributed by atoms with Crippen molar-refractivity contribution in [1.82, 2.24) is 4.37 Å². The van der Waals surface area contributed by atoms with Gasteiger partial charge in [-0.3, -0.25) is 4.79 Å². The molecule has 8 heteroatoms. The summed E-state index contributed by atoms with van der Waals surface area (Å²) in [5.74, 6) is 2.25. The topological polar surface area (TPSA) is 92.9 Å². The third-order valence-corrected chi connectivity index (χ3v) is 5.55. The standard InChI is InChI=1S/C22H24N2O5S/c1-26-18-6-5-13(7-14(18)8-16(25)11-23)17-12-24-30-22(17)15-9-19(27-2)21(29-4)20(10-15)28-3/h5-7,9-10,12H,8,11,23H2,1-4H3. The molecule has 1 heterocycles. The van der Waals surface area contributed by atoms with E-state index in [1.54, 1.807) is 34.6 Å². The number of carbonyl (C=O) groups is 1. The van der Waals surface area contributed by atoms with Gasteiger partial charge in [0.15, 0.2) is 17.3 Å². The minimum Gasteiger partial charge on any atom is -0.496 e. The summed E-state index contributed by atoms with van der Waals surface area (Å²) in [6.07, 6.45) is 2.02. The minimum absolute atomic E-state index is 0.00985. The van der Waals surface area contributed by atoms with E-state index in [4.69, 9.17) is 24.7 Å². The summed E-state index contributed by atoms with van der Waals surface area (Å²) in [6, 6.07) is 9.52. The fourth-order valence-electron chi connectivity index (χ4n) is 3.23. The van der Waals surface area contributed by atoms with Gasteiger partial charge in [0.05, 0.1) is 39.9 Å². The van der Waals surface area contributed by atoms with Crippen molar-refractivity contribution in [2.75, 3.05) is 35.0 Å². The van der Waals surface area contributed by atoms with E-state index in [1.165, 1.54) is 11.5 Å². The highest BCUT2D eigenvalue weighted by Gasteiger charge is 2.19. The fourth-order valence-corrected chi connectivity index (χ4v) is 3.99. The molecule has 0 saturated carbocycles. The predicted octanol–water partition coefficient (Wildman–Crippen LogP) is 3.58. The molecule has 30 heavy (non-hydrogen) atoms. The number of ketones is 1. The lowest BCUT2D eigenvalue weighted by Gasteiger charge is -2.14. The highest BCUT2D eigenvalue weighted by molar-refractivity contribution is 7.10. The molecule has 0 aliphatic heterocycles. The zero-order chi connectivity index (χ0) is 21.7. The molecule has 0 saturated heterocycles. The van der Waals surface area contributed by atoms with Gasteiger partial charge in [-0.1, -0.05) is 6.07 Å². The predicted molar refractivity (Wildman–Crippen MR) is 117 cm³/mol. The molecule has 2 aromatic carbocycles. The second-order valence-electron chi connectivity index (χ2n) is 6.43. The van der Waals surface area contributed by atoms with Gasteiger partial charge in [-0.25, -0.2) is 0 Å². The fraction of sp³-hybridized carbons (Fsp3) is 0.273. The monoisotopic (exact) mass is 428 g/mol. The number of rotatable bonds is 9. The maximum absolute atomic E-state index is 11.9. The van der Waals surface area contributed by atoms with Crippen LogP contribution in [0.1, 0.15) is 5.56 Å². The highest BCUT2D eigenvalue weighted by atomic mass is 32.1. The number of methoxy groups -OCH3 is 4. The van der Waals surface area contributed by atoms with Crippen LogP contribution in [-0.4, -0.2) is 45.1 Å². The van der Waals surface area contributed by atoms with E-state index < -0.39 is 0 Å². The SMILES string of the molecule is COc1ccc(-c2cnsc2-c2cc(OC)c(OC)c(OC)c2)cc1CC(=O)CN. The van der Waals surface area contributed by atoms with Crippen LogP contribution < -0.4 is 24.7 Å². The van der Waals surface area contributed by atoms with Crippen LogP contribution in [0.3, 0.4) is 0 Å². The van der Waals surface area contributed by atoms with Crippen LogP contribution in [-0.2, 0) is 11.2 Å². The Labute approximate surface area is 179 Å². The number of Topliss-reactive ketones (excluding diaryl/α,β-unsaturated/α-hetero) is 1. The smallest absolute Gasteiger partial charge is 0.203 e. The lowest BCUT2D eigenvalue weighted by molar-refractivity contribution is -0.117. The molecular formula is C22H24N2O5S. The summed E-state index contributed by atoms with van der Waals surface area (Å²) in [4.78, 5) is 12.8. The maximum atomic E-state index is 11.9. The summed E-state index contributed by atoms with van der Waals surface area (Å²) in [6.45, 7) is -0.00985. The summed E-state index contributed by atoms with van der Waals surface area (Å²) < 4.78 is 26.2. The van der Waals surface area contributed by atoms with Crippen LogP contribution in [0.25, 0.3) is 21.6 Å². The van der Waals surface area contributed by atoms with Crippen molar-refractivity contribution < 1.29 is 23.7 Å². The molecule has 7 nitrogen and oxygen atoms in total. The van der Waals surface area contributed by atoms with Gasteiger partial charge in [0.1, 0.15) is 5.75 Å². The van der Waals surface area contributed by atoms with Crippen LogP contribution in [0.5, 0.6) is 23.0 Å². The number of ether oxygens (including phenoxy) is 4. The van der Waals surface area contributed by atoms with Crippen molar-refractivity contribution in [2.45, 2.75) is 6.42 Å². The Morgan fingerprint density at radius 2 is 1.60 bits per heavy atom.